The van der Waals surface area contributed by atoms with Crippen molar-refractivity contribution in [2.45, 2.75) is 58.6 Å². The Morgan fingerprint density at radius 2 is 1.88 bits per heavy atom. The minimum atomic E-state index is 0.124. The molecule has 2 aromatic rings. The van der Waals surface area contributed by atoms with Gasteiger partial charge in [0.25, 0.3) is 5.56 Å². The quantitative estimate of drug-likeness (QED) is 0.807. The van der Waals surface area contributed by atoms with Crippen LogP contribution in [0, 0.1) is 5.92 Å². The van der Waals surface area contributed by atoms with Gasteiger partial charge in [-0.05, 0) is 30.4 Å². The normalized spacial score (nSPS) is 19.8. The molecule has 2 atom stereocenters. The van der Waals surface area contributed by atoms with Gasteiger partial charge in [-0.1, -0.05) is 39.8 Å². The van der Waals surface area contributed by atoms with Crippen LogP contribution in [0.15, 0.2) is 41.5 Å². The van der Waals surface area contributed by atoms with Gasteiger partial charge in [0.05, 0.1) is 0 Å². The van der Waals surface area contributed by atoms with Crippen LogP contribution in [-0.4, -0.2) is 15.7 Å². The first kappa shape index (κ1) is 16.7. The van der Waals surface area contributed by atoms with Crippen LogP contribution in [0.2, 0.25) is 0 Å². The Morgan fingerprint density at radius 3 is 2.58 bits per heavy atom. The van der Waals surface area contributed by atoms with Crippen LogP contribution in [0.1, 0.15) is 57.1 Å². The fraction of sp³-hybridized carbons (Fsp3) is 0.500. The second-order valence-corrected chi connectivity index (χ2v) is 7.28. The third kappa shape index (κ3) is 3.53. The molecule has 1 fully saturated rings. The molecular weight excluding hydrogens is 300 g/mol. The van der Waals surface area contributed by atoms with Gasteiger partial charge in [-0.2, -0.15) is 0 Å². The standard InChI is InChI=1S/C20H26N2O2/c1-13(2)16-7-5-9-21-19(16)24-18-11-15(18)12-22-10-6-8-17(14(3)4)20(22)23/h5-10,13-15,18H,11-12H2,1-4H3. The molecular formula is C20H26N2O2. The summed E-state index contributed by atoms with van der Waals surface area (Å²) in [5.74, 6) is 1.75. The molecule has 0 N–H and O–H groups in total. The highest BCUT2D eigenvalue weighted by molar-refractivity contribution is 5.29. The number of pyridine rings is 2. The van der Waals surface area contributed by atoms with Crippen LogP contribution in [-0.2, 0) is 6.54 Å². The predicted octanol–water partition coefficient (Wildman–Crippen LogP) is 3.96. The van der Waals surface area contributed by atoms with Crippen molar-refractivity contribution in [2.75, 3.05) is 0 Å². The molecule has 2 aromatic heterocycles. The summed E-state index contributed by atoms with van der Waals surface area (Å²) in [7, 11) is 0. The molecule has 2 heterocycles. The highest BCUT2D eigenvalue weighted by atomic mass is 16.5. The first-order valence-corrected chi connectivity index (χ1v) is 8.78. The molecule has 0 radical (unpaired) electrons. The van der Waals surface area contributed by atoms with Gasteiger partial charge in [0, 0.05) is 36.0 Å². The van der Waals surface area contributed by atoms with Gasteiger partial charge in [0.15, 0.2) is 0 Å². The lowest BCUT2D eigenvalue weighted by Crippen LogP contribution is -2.25. The fourth-order valence-electron chi connectivity index (χ4n) is 3.03. The number of hydrogen-bond donors (Lipinski definition) is 0. The summed E-state index contributed by atoms with van der Waals surface area (Å²) in [5, 5.41) is 0. The molecule has 0 aromatic carbocycles. The van der Waals surface area contributed by atoms with Crippen LogP contribution in [0.25, 0.3) is 0 Å². The van der Waals surface area contributed by atoms with E-state index in [4.69, 9.17) is 4.74 Å². The Bertz CT molecular complexity index is 764. The lowest BCUT2D eigenvalue weighted by atomic mass is 10.1. The third-order valence-electron chi connectivity index (χ3n) is 4.65. The van der Waals surface area contributed by atoms with Crippen molar-refractivity contribution in [1.82, 2.24) is 9.55 Å². The van der Waals surface area contributed by atoms with E-state index in [2.05, 4.69) is 38.7 Å². The number of hydrogen-bond acceptors (Lipinski definition) is 3. The van der Waals surface area contributed by atoms with E-state index >= 15 is 0 Å². The van der Waals surface area contributed by atoms with Gasteiger partial charge in [-0.15, -0.1) is 0 Å². The zero-order chi connectivity index (χ0) is 17.3. The molecule has 4 heteroatoms. The van der Waals surface area contributed by atoms with Gasteiger partial charge in [-0.25, -0.2) is 4.98 Å². The molecule has 0 bridgehead atoms. The maximum Gasteiger partial charge on any atom is 0.253 e. The molecule has 0 amide bonds. The predicted molar refractivity (Wildman–Crippen MR) is 95.6 cm³/mol. The molecule has 2 unspecified atom stereocenters. The van der Waals surface area contributed by atoms with E-state index in [0.717, 1.165) is 23.4 Å². The molecule has 3 rings (SSSR count). The van der Waals surface area contributed by atoms with Crippen LogP contribution in [0.4, 0.5) is 0 Å². The zero-order valence-electron chi connectivity index (χ0n) is 14.9. The van der Waals surface area contributed by atoms with Crippen molar-refractivity contribution in [3.63, 3.8) is 0 Å². The topological polar surface area (TPSA) is 44.1 Å². The molecule has 0 aliphatic heterocycles. The third-order valence-corrected chi connectivity index (χ3v) is 4.65. The lowest BCUT2D eigenvalue weighted by molar-refractivity contribution is 0.263. The van der Waals surface area contributed by atoms with E-state index in [9.17, 15) is 4.79 Å². The van der Waals surface area contributed by atoms with E-state index < -0.39 is 0 Å². The van der Waals surface area contributed by atoms with Gasteiger partial charge in [0.2, 0.25) is 5.88 Å². The Kier molecular flexibility index (Phi) is 4.74. The number of nitrogens with zero attached hydrogens (tertiary/aromatic N) is 2. The number of ether oxygens (including phenoxy) is 1. The van der Waals surface area contributed by atoms with E-state index in [1.165, 1.54) is 0 Å². The summed E-state index contributed by atoms with van der Waals surface area (Å²) in [5.41, 5.74) is 2.14. The van der Waals surface area contributed by atoms with E-state index in [0.29, 0.717) is 18.4 Å². The van der Waals surface area contributed by atoms with Gasteiger partial charge >= 0.3 is 0 Å². The lowest BCUT2D eigenvalue weighted by Gasteiger charge is -2.13. The summed E-state index contributed by atoms with van der Waals surface area (Å²) in [6, 6.07) is 7.91. The van der Waals surface area contributed by atoms with Crippen molar-refractivity contribution in [3.05, 3.63) is 58.1 Å². The maximum absolute atomic E-state index is 12.5. The minimum Gasteiger partial charge on any atom is -0.474 e. The van der Waals surface area contributed by atoms with E-state index in [-0.39, 0.29) is 17.6 Å². The monoisotopic (exact) mass is 326 g/mol. The minimum absolute atomic E-state index is 0.124. The molecule has 1 saturated carbocycles. The average Bonchev–Trinajstić information content (AvgIpc) is 3.27. The number of rotatable bonds is 6. The maximum atomic E-state index is 12.5. The summed E-state index contributed by atoms with van der Waals surface area (Å²) < 4.78 is 7.92. The van der Waals surface area contributed by atoms with Gasteiger partial charge in [-0.3, -0.25) is 4.79 Å². The fourth-order valence-corrected chi connectivity index (χ4v) is 3.03. The summed E-state index contributed by atoms with van der Waals surface area (Å²) in [6.07, 6.45) is 4.79. The molecule has 1 aliphatic carbocycles. The van der Waals surface area contributed by atoms with E-state index in [1.807, 2.05) is 29.0 Å². The van der Waals surface area contributed by atoms with E-state index in [1.54, 1.807) is 6.20 Å². The SMILES string of the molecule is CC(C)c1cccnc1OC1CC1Cn1cccc(C(C)C)c1=O. The first-order chi connectivity index (χ1) is 11.5. The first-order valence-electron chi connectivity index (χ1n) is 8.78. The number of aromatic nitrogens is 2. The largest absolute Gasteiger partial charge is 0.474 e. The molecule has 128 valence electrons. The summed E-state index contributed by atoms with van der Waals surface area (Å²) in [4.78, 5) is 16.9. The summed E-state index contributed by atoms with van der Waals surface area (Å²) in [6.45, 7) is 9.11. The Hall–Kier alpha value is -2.10. The van der Waals surface area contributed by atoms with Crippen molar-refractivity contribution in [3.8, 4) is 5.88 Å². The molecule has 4 nitrogen and oxygen atoms in total. The van der Waals surface area contributed by atoms with Crippen molar-refractivity contribution in [2.24, 2.45) is 5.92 Å². The highest BCUT2D eigenvalue weighted by Crippen LogP contribution is 2.37. The molecule has 1 aliphatic rings. The second kappa shape index (κ2) is 6.80. The van der Waals surface area contributed by atoms with Crippen LogP contribution >= 0.6 is 0 Å². The van der Waals surface area contributed by atoms with Crippen LogP contribution < -0.4 is 10.3 Å². The molecule has 0 saturated heterocycles. The smallest absolute Gasteiger partial charge is 0.253 e. The van der Waals surface area contributed by atoms with Gasteiger partial charge < -0.3 is 9.30 Å². The Morgan fingerprint density at radius 1 is 1.17 bits per heavy atom. The summed E-state index contributed by atoms with van der Waals surface area (Å²) >= 11 is 0. The zero-order valence-corrected chi connectivity index (χ0v) is 14.9. The molecule has 0 spiro atoms. The van der Waals surface area contributed by atoms with Crippen molar-refractivity contribution in [1.29, 1.82) is 0 Å². The Labute approximate surface area is 143 Å². The highest BCUT2D eigenvalue weighted by Gasteiger charge is 2.40. The Balaban J connectivity index is 1.67. The average molecular weight is 326 g/mol. The van der Waals surface area contributed by atoms with Crippen molar-refractivity contribution >= 4 is 0 Å². The second-order valence-electron chi connectivity index (χ2n) is 7.28. The van der Waals surface area contributed by atoms with Crippen LogP contribution in [0.5, 0.6) is 5.88 Å². The van der Waals surface area contributed by atoms with Crippen LogP contribution in [0.3, 0.4) is 0 Å². The van der Waals surface area contributed by atoms with Gasteiger partial charge in [0.1, 0.15) is 6.10 Å². The van der Waals surface area contributed by atoms with Crippen molar-refractivity contribution < 1.29 is 4.74 Å². The molecule has 24 heavy (non-hydrogen) atoms.